The summed E-state index contributed by atoms with van der Waals surface area (Å²) in [5.74, 6) is 0. The molecule has 0 unspecified atom stereocenters. The zero-order valence-corrected chi connectivity index (χ0v) is 13.6. The topological polar surface area (TPSA) is 92.1 Å². The lowest BCUT2D eigenvalue weighted by molar-refractivity contribution is 0.466. The van der Waals surface area contributed by atoms with Crippen LogP contribution in [0.15, 0.2) is 23.1 Å². The van der Waals surface area contributed by atoms with Crippen LogP contribution in [0.4, 0.5) is 5.69 Å². The van der Waals surface area contributed by atoms with Crippen LogP contribution >= 0.6 is 11.6 Å². The van der Waals surface area contributed by atoms with Gasteiger partial charge in [-0.3, -0.25) is 5.10 Å². The summed E-state index contributed by atoms with van der Waals surface area (Å²) in [4.78, 5) is 0.199. The van der Waals surface area contributed by atoms with Gasteiger partial charge in [0.25, 0.3) is 0 Å². The Kier molecular flexibility index (Phi) is 4.27. The molecule has 1 heterocycles. The minimum Gasteiger partial charge on any atom is -0.399 e. The Balaban J connectivity index is 2.36. The van der Waals surface area contributed by atoms with Crippen LogP contribution < -0.4 is 5.73 Å². The molecule has 0 fully saturated rings. The molecule has 1 aromatic carbocycles. The largest absolute Gasteiger partial charge is 0.399 e. The van der Waals surface area contributed by atoms with E-state index in [-0.39, 0.29) is 11.4 Å². The molecule has 0 aliphatic heterocycles. The molecule has 8 heteroatoms. The Morgan fingerprint density at radius 3 is 2.62 bits per heavy atom. The lowest BCUT2D eigenvalue weighted by Gasteiger charge is -2.18. The van der Waals surface area contributed by atoms with Crippen molar-refractivity contribution in [2.45, 2.75) is 25.3 Å². The van der Waals surface area contributed by atoms with Crippen LogP contribution in [0.2, 0.25) is 5.02 Å². The second-order valence-electron chi connectivity index (χ2n) is 4.88. The molecule has 6 nitrogen and oxygen atoms in total. The molecule has 0 radical (unpaired) electrons. The highest BCUT2D eigenvalue weighted by molar-refractivity contribution is 7.89. The summed E-state index contributed by atoms with van der Waals surface area (Å²) in [6, 6.07) is 5.00. The van der Waals surface area contributed by atoms with Gasteiger partial charge in [0.15, 0.2) is 0 Å². The number of rotatable bonds is 4. The van der Waals surface area contributed by atoms with E-state index in [0.29, 0.717) is 27.7 Å². The number of sulfonamides is 1. The molecule has 0 atom stereocenters. The van der Waals surface area contributed by atoms with E-state index in [0.717, 1.165) is 0 Å². The van der Waals surface area contributed by atoms with Crippen LogP contribution in [0.5, 0.6) is 0 Å². The van der Waals surface area contributed by atoms with Gasteiger partial charge in [-0.15, -0.1) is 0 Å². The highest BCUT2D eigenvalue weighted by atomic mass is 35.5. The fourth-order valence-electron chi connectivity index (χ4n) is 2.12. The zero-order chi connectivity index (χ0) is 15.8. The Hall–Kier alpha value is -1.57. The van der Waals surface area contributed by atoms with E-state index in [1.54, 1.807) is 32.0 Å². The summed E-state index contributed by atoms with van der Waals surface area (Å²) in [7, 11) is -2.14. The zero-order valence-electron chi connectivity index (χ0n) is 12.0. The maximum atomic E-state index is 12.6. The minimum absolute atomic E-state index is 0.135. The number of aryl methyl sites for hydroxylation is 2. The van der Waals surface area contributed by atoms with Crippen LogP contribution in [0.3, 0.4) is 0 Å². The molecule has 2 rings (SSSR count). The summed E-state index contributed by atoms with van der Waals surface area (Å²) in [6.45, 7) is 3.46. The van der Waals surface area contributed by atoms with Crippen molar-refractivity contribution in [2.24, 2.45) is 0 Å². The van der Waals surface area contributed by atoms with E-state index in [9.17, 15) is 8.42 Å². The number of benzene rings is 1. The fraction of sp³-hybridized carbons (Fsp3) is 0.308. The van der Waals surface area contributed by atoms with E-state index in [4.69, 9.17) is 17.3 Å². The highest BCUT2D eigenvalue weighted by Crippen LogP contribution is 2.25. The van der Waals surface area contributed by atoms with E-state index in [1.807, 2.05) is 0 Å². The van der Waals surface area contributed by atoms with Crippen molar-refractivity contribution in [2.75, 3.05) is 12.8 Å². The molecule has 0 saturated heterocycles. The number of nitrogens with zero attached hydrogens (tertiary/aromatic N) is 2. The van der Waals surface area contributed by atoms with Crippen LogP contribution in [-0.2, 0) is 16.6 Å². The summed E-state index contributed by atoms with van der Waals surface area (Å²) in [5, 5.41) is 7.09. The fourth-order valence-corrected chi connectivity index (χ4v) is 3.77. The van der Waals surface area contributed by atoms with Gasteiger partial charge >= 0.3 is 0 Å². The molecule has 1 aromatic heterocycles. The number of H-pyrrole nitrogens is 1. The third-order valence-electron chi connectivity index (χ3n) is 3.19. The van der Waals surface area contributed by atoms with Gasteiger partial charge in [-0.25, -0.2) is 8.42 Å². The maximum Gasteiger partial charge on any atom is 0.246 e. The Morgan fingerprint density at radius 2 is 2.05 bits per heavy atom. The van der Waals surface area contributed by atoms with Crippen molar-refractivity contribution in [3.8, 4) is 0 Å². The van der Waals surface area contributed by atoms with E-state index >= 15 is 0 Å². The van der Waals surface area contributed by atoms with E-state index in [2.05, 4.69) is 10.2 Å². The molecule has 0 spiro atoms. The van der Waals surface area contributed by atoms with Gasteiger partial charge in [0.05, 0.1) is 11.4 Å². The molecule has 21 heavy (non-hydrogen) atoms. The monoisotopic (exact) mass is 328 g/mol. The summed E-state index contributed by atoms with van der Waals surface area (Å²) < 4.78 is 26.5. The highest BCUT2D eigenvalue weighted by Gasteiger charge is 2.27. The number of nitrogen functional groups attached to an aromatic ring is 1. The number of nitrogens with two attached hydrogens (primary N) is 1. The Morgan fingerprint density at radius 1 is 1.38 bits per heavy atom. The Labute approximate surface area is 129 Å². The minimum atomic E-state index is -3.64. The Bertz CT molecular complexity index is 751. The molecule has 0 aliphatic carbocycles. The standard InChI is InChI=1S/C13H17ClN4O2S/c1-8-13(9(2)17-16-8)21(19,20)18(3)7-10-6-11(15)4-5-12(10)14/h4-6H,7,15H2,1-3H3,(H,16,17). The lowest BCUT2D eigenvalue weighted by Crippen LogP contribution is -2.27. The van der Waals surface area contributed by atoms with Crippen molar-refractivity contribution >= 4 is 27.3 Å². The van der Waals surface area contributed by atoms with E-state index < -0.39 is 10.0 Å². The van der Waals surface area contributed by atoms with Gasteiger partial charge in [-0.1, -0.05) is 11.6 Å². The van der Waals surface area contributed by atoms with Crippen molar-refractivity contribution in [1.29, 1.82) is 0 Å². The van der Waals surface area contributed by atoms with Gasteiger partial charge in [0.1, 0.15) is 4.90 Å². The molecule has 2 aromatic rings. The number of aromatic amines is 1. The number of nitrogens with one attached hydrogen (secondary N) is 1. The van der Waals surface area contributed by atoms with Gasteiger partial charge in [-0.05, 0) is 37.6 Å². The SMILES string of the molecule is Cc1n[nH]c(C)c1S(=O)(=O)N(C)Cc1cc(N)ccc1Cl. The first-order valence-electron chi connectivity index (χ1n) is 6.25. The molecular weight excluding hydrogens is 312 g/mol. The van der Waals surface area contributed by atoms with Gasteiger partial charge < -0.3 is 5.73 Å². The summed E-state index contributed by atoms with van der Waals surface area (Å²) in [6.07, 6.45) is 0. The lowest BCUT2D eigenvalue weighted by atomic mass is 10.2. The molecule has 0 bridgehead atoms. The van der Waals surface area contributed by atoms with Crippen molar-refractivity contribution in [3.63, 3.8) is 0 Å². The third-order valence-corrected chi connectivity index (χ3v) is 5.63. The van der Waals surface area contributed by atoms with Crippen LogP contribution in [0.25, 0.3) is 0 Å². The van der Waals surface area contributed by atoms with Crippen LogP contribution in [0.1, 0.15) is 17.0 Å². The second kappa shape index (κ2) is 5.67. The number of halogens is 1. The smallest absolute Gasteiger partial charge is 0.246 e. The number of anilines is 1. The van der Waals surface area contributed by atoms with Crippen LogP contribution in [-0.4, -0.2) is 30.0 Å². The number of hydrogen-bond donors (Lipinski definition) is 2. The van der Waals surface area contributed by atoms with Gasteiger partial charge in [0, 0.05) is 24.3 Å². The molecular formula is C13H17ClN4O2S. The van der Waals surface area contributed by atoms with Crippen molar-refractivity contribution in [1.82, 2.24) is 14.5 Å². The first-order chi connectivity index (χ1) is 9.73. The number of hydrogen-bond acceptors (Lipinski definition) is 4. The molecule has 0 amide bonds. The number of aromatic nitrogens is 2. The quantitative estimate of drug-likeness (QED) is 0.840. The second-order valence-corrected chi connectivity index (χ2v) is 7.26. The maximum absolute atomic E-state index is 12.6. The third kappa shape index (κ3) is 3.04. The van der Waals surface area contributed by atoms with Gasteiger partial charge in [-0.2, -0.15) is 9.40 Å². The first-order valence-corrected chi connectivity index (χ1v) is 8.07. The molecule has 114 valence electrons. The van der Waals surface area contributed by atoms with Crippen LogP contribution in [0, 0.1) is 13.8 Å². The summed E-state index contributed by atoms with van der Waals surface area (Å²) in [5.41, 5.74) is 7.86. The normalized spacial score (nSPS) is 12.0. The molecule has 3 N–H and O–H groups in total. The summed E-state index contributed by atoms with van der Waals surface area (Å²) >= 11 is 6.08. The first kappa shape index (κ1) is 15.8. The van der Waals surface area contributed by atoms with Crippen molar-refractivity contribution in [3.05, 3.63) is 40.2 Å². The molecule has 0 aliphatic rings. The van der Waals surface area contributed by atoms with E-state index in [1.165, 1.54) is 11.4 Å². The molecule has 0 saturated carbocycles. The predicted octanol–water partition coefficient (Wildman–Crippen LogP) is 2.08. The predicted molar refractivity (Wildman–Crippen MR) is 82.6 cm³/mol. The average molecular weight is 329 g/mol. The van der Waals surface area contributed by atoms with Gasteiger partial charge in [0.2, 0.25) is 10.0 Å². The van der Waals surface area contributed by atoms with Crippen molar-refractivity contribution < 1.29 is 8.42 Å². The average Bonchev–Trinajstić information content (AvgIpc) is 2.73.